The molecule has 0 radical (unpaired) electrons. The van der Waals surface area contributed by atoms with Crippen molar-refractivity contribution in [2.45, 2.75) is 26.0 Å². The summed E-state index contributed by atoms with van der Waals surface area (Å²) in [5.74, 6) is 1.34. The summed E-state index contributed by atoms with van der Waals surface area (Å²) in [5, 5.41) is 0.946. The van der Waals surface area contributed by atoms with E-state index in [1.165, 1.54) is 0 Å². The number of benzene rings is 2. The molecule has 3 aromatic rings. The number of nitrogens with zero attached hydrogens (tertiary/aromatic N) is 2. The van der Waals surface area contributed by atoms with E-state index in [1.54, 1.807) is 35.2 Å². The summed E-state index contributed by atoms with van der Waals surface area (Å²) in [6.07, 6.45) is -0.00224. The molecule has 0 aliphatic carbocycles. The van der Waals surface area contributed by atoms with Crippen LogP contribution in [-0.4, -0.2) is 40.0 Å². The molecule has 1 amide bonds. The van der Waals surface area contributed by atoms with Gasteiger partial charge in [0.25, 0.3) is 11.5 Å². The van der Waals surface area contributed by atoms with Crippen LogP contribution in [0.3, 0.4) is 0 Å². The standard InChI is InChI=1S/C21H20ClN3O4/c1-2-9-25(21(27)18-12-28-16-5-3-4-6-17(16)29-18)11-19-23-15-10-13(22)7-8-14(15)20(26)24-19/h3-8,10,18H,2,9,11-12H2,1H3,(H,23,24,26)/t18-/m1/s1. The minimum atomic E-state index is -0.752. The van der Waals surface area contributed by atoms with Crippen LogP contribution in [0.5, 0.6) is 11.5 Å². The normalized spacial score (nSPS) is 15.3. The Balaban J connectivity index is 1.57. The number of nitrogens with one attached hydrogen (secondary N) is 1. The van der Waals surface area contributed by atoms with Crippen LogP contribution in [0.2, 0.25) is 5.02 Å². The van der Waals surface area contributed by atoms with Crippen LogP contribution in [-0.2, 0) is 11.3 Å². The largest absolute Gasteiger partial charge is 0.485 e. The van der Waals surface area contributed by atoms with E-state index < -0.39 is 6.10 Å². The van der Waals surface area contributed by atoms with Gasteiger partial charge in [0.1, 0.15) is 12.4 Å². The first kappa shape index (κ1) is 19.3. The zero-order valence-electron chi connectivity index (χ0n) is 15.9. The number of carbonyl (C=O) groups excluding carboxylic acids is 1. The Hall–Kier alpha value is -3.06. The molecule has 0 saturated carbocycles. The van der Waals surface area contributed by atoms with Crippen LogP contribution in [0.15, 0.2) is 47.3 Å². The van der Waals surface area contributed by atoms with Gasteiger partial charge in [-0.15, -0.1) is 0 Å². The first-order valence-corrected chi connectivity index (χ1v) is 9.78. The van der Waals surface area contributed by atoms with Crippen LogP contribution in [0.25, 0.3) is 10.9 Å². The summed E-state index contributed by atoms with van der Waals surface area (Å²) in [5.41, 5.74) is 0.225. The fourth-order valence-electron chi connectivity index (χ4n) is 3.30. The molecule has 1 atom stereocenters. The summed E-state index contributed by atoms with van der Waals surface area (Å²) in [4.78, 5) is 34.3. The van der Waals surface area contributed by atoms with Gasteiger partial charge in [-0.05, 0) is 36.8 Å². The summed E-state index contributed by atoms with van der Waals surface area (Å²) >= 11 is 6.02. The van der Waals surface area contributed by atoms with Gasteiger partial charge in [0.2, 0.25) is 6.10 Å². The summed E-state index contributed by atoms with van der Waals surface area (Å²) < 4.78 is 11.5. The van der Waals surface area contributed by atoms with Gasteiger partial charge in [0.15, 0.2) is 11.5 Å². The molecule has 1 aliphatic rings. The van der Waals surface area contributed by atoms with Gasteiger partial charge in [-0.1, -0.05) is 30.7 Å². The Bertz CT molecular complexity index is 1110. The van der Waals surface area contributed by atoms with Gasteiger partial charge in [0.05, 0.1) is 17.4 Å². The molecule has 2 heterocycles. The van der Waals surface area contributed by atoms with Gasteiger partial charge < -0.3 is 19.4 Å². The summed E-state index contributed by atoms with van der Waals surface area (Å²) in [6, 6.07) is 12.2. The second-order valence-electron chi connectivity index (χ2n) is 6.80. The van der Waals surface area contributed by atoms with Crippen molar-refractivity contribution < 1.29 is 14.3 Å². The van der Waals surface area contributed by atoms with Crippen molar-refractivity contribution in [3.8, 4) is 11.5 Å². The number of carbonyl (C=O) groups is 1. The van der Waals surface area contributed by atoms with Crippen LogP contribution in [0.4, 0.5) is 0 Å². The lowest BCUT2D eigenvalue weighted by molar-refractivity contribution is -0.142. The fraction of sp³-hybridized carbons (Fsp3) is 0.286. The average Bonchev–Trinajstić information content (AvgIpc) is 2.72. The smallest absolute Gasteiger partial charge is 0.267 e. The maximum Gasteiger partial charge on any atom is 0.267 e. The van der Waals surface area contributed by atoms with Gasteiger partial charge in [0, 0.05) is 11.6 Å². The maximum absolute atomic E-state index is 13.1. The molecule has 0 spiro atoms. The first-order valence-electron chi connectivity index (χ1n) is 9.41. The van der Waals surface area contributed by atoms with Gasteiger partial charge in [-0.2, -0.15) is 0 Å². The quantitative estimate of drug-likeness (QED) is 0.694. The lowest BCUT2D eigenvalue weighted by atomic mass is 10.2. The van der Waals surface area contributed by atoms with Crippen LogP contribution in [0.1, 0.15) is 19.2 Å². The average molecular weight is 414 g/mol. The number of hydrogen-bond acceptors (Lipinski definition) is 5. The number of rotatable bonds is 5. The van der Waals surface area contributed by atoms with Crippen LogP contribution >= 0.6 is 11.6 Å². The number of halogens is 1. The van der Waals surface area contributed by atoms with Gasteiger partial charge >= 0.3 is 0 Å². The molecule has 1 N–H and O–H groups in total. The first-order chi connectivity index (χ1) is 14.0. The number of para-hydroxylation sites is 2. The van der Waals surface area contributed by atoms with E-state index in [4.69, 9.17) is 21.1 Å². The highest BCUT2D eigenvalue weighted by atomic mass is 35.5. The highest BCUT2D eigenvalue weighted by molar-refractivity contribution is 6.31. The second-order valence-corrected chi connectivity index (χ2v) is 7.23. The van der Waals surface area contributed by atoms with Crippen molar-refractivity contribution in [3.63, 3.8) is 0 Å². The molecule has 4 rings (SSSR count). The van der Waals surface area contributed by atoms with Crippen molar-refractivity contribution in [3.05, 3.63) is 63.7 Å². The highest BCUT2D eigenvalue weighted by Gasteiger charge is 2.31. The van der Waals surface area contributed by atoms with Crippen molar-refractivity contribution in [1.29, 1.82) is 0 Å². The van der Waals surface area contributed by atoms with E-state index in [0.29, 0.717) is 39.8 Å². The van der Waals surface area contributed by atoms with E-state index in [-0.39, 0.29) is 24.6 Å². The molecule has 8 heteroatoms. The predicted octanol–water partition coefficient (Wildman–Crippen LogP) is 3.16. The van der Waals surface area contributed by atoms with E-state index in [2.05, 4.69) is 9.97 Å². The summed E-state index contributed by atoms with van der Waals surface area (Å²) in [6.45, 7) is 2.76. The number of aromatic amines is 1. The molecule has 0 unspecified atom stereocenters. The molecule has 0 bridgehead atoms. The minimum absolute atomic E-state index is 0.132. The molecule has 1 aromatic heterocycles. The zero-order chi connectivity index (χ0) is 20.4. The lowest BCUT2D eigenvalue weighted by Crippen LogP contribution is -2.46. The molecule has 2 aromatic carbocycles. The van der Waals surface area contributed by atoms with Crippen molar-refractivity contribution in [1.82, 2.24) is 14.9 Å². The van der Waals surface area contributed by atoms with Crippen molar-refractivity contribution >= 4 is 28.4 Å². The molecular formula is C21H20ClN3O4. The lowest BCUT2D eigenvalue weighted by Gasteiger charge is -2.30. The molecular weight excluding hydrogens is 394 g/mol. The Morgan fingerprint density at radius 2 is 2.07 bits per heavy atom. The highest BCUT2D eigenvalue weighted by Crippen LogP contribution is 2.31. The Kier molecular flexibility index (Phi) is 5.40. The number of amides is 1. The topological polar surface area (TPSA) is 84.5 Å². The van der Waals surface area contributed by atoms with Crippen molar-refractivity contribution in [2.75, 3.05) is 13.2 Å². The second kappa shape index (κ2) is 8.13. The SMILES string of the molecule is CCCN(Cc1nc2cc(Cl)ccc2c(=O)[nH]1)C(=O)[C@H]1COc2ccccc2O1. The zero-order valence-corrected chi connectivity index (χ0v) is 16.6. The van der Waals surface area contributed by atoms with Crippen molar-refractivity contribution in [2.24, 2.45) is 0 Å². The van der Waals surface area contributed by atoms with Gasteiger partial charge in [-0.25, -0.2) is 4.98 Å². The Labute approximate surface area is 172 Å². The Morgan fingerprint density at radius 1 is 1.28 bits per heavy atom. The molecule has 1 aliphatic heterocycles. The monoisotopic (exact) mass is 413 g/mol. The van der Waals surface area contributed by atoms with E-state index >= 15 is 0 Å². The number of H-pyrrole nitrogens is 1. The number of hydrogen-bond donors (Lipinski definition) is 1. The number of aromatic nitrogens is 2. The number of ether oxygens (including phenoxy) is 2. The molecule has 0 fully saturated rings. The third-order valence-corrected chi connectivity index (χ3v) is 4.88. The third kappa shape index (κ3) is 4.05. The molecule has 7 nitrogen and oxygen atoms in total. The van der Waals surface area contributed by atoms with Crippen LogP contribution in [0, 0.1) is 0 Å². The van der Waals surface area contributed by atoms with Crippen LogP contribution < -0.4 is 15.0 Å². The molecule has 150 valence electrons. The predicted molar refractivity (Wildman–Crippen MR) is 109 cm³/mol. The van der Waals surface area contributed by atoms with Gasteiger partial charge in [-0.3, -0.25) is 9.59 Å². The minimum Gasteiger partial charge on any atom is -0.485 e. The maximum atomic E-state index is 13.1. The molecule has 29 heavy (non-hydrogen) atoms. The summed E-state index contributed by atoms with van der Waals surface area (Å²) in [7, 11) is 0. The van der Waals surface area contributed by atoms with E-state index in [1.807, 2.05) is 19.1 Å². The van der Waals surface area contributed by atoms with E-state index in [0.717, 1.165) is 6.42 Å². The van der Waals surface area contributed by atoms with E-state index in [9.17, 15) is 9.59 Å². The third-order valence-electron chi connectivity index (χ3n) is 4.65. The Morgan fingerprint density at radius 3 is 2.86 bits per heavy atom. The fourth-order valence-corrected chi connectivity index (χ4v) is 3.46. The number of fused-ring (bicyclic) bond motifs is 2. The molecule has 0 saturated heterocycles.